The van der Waals surface area contributed by atoms with E-state index in [0.29, 0.717) is 49.2 Å². The van der Waals surface area contributed by atoms with Crippen molar-refractivity contribution in [3.05, 3.63) is 118 Å². The van der Waals surface area contributed by atoms with Gasteiger partial charge >= 0.3 is 5.97 Å². The highest BCUT2D eigenvalue weighted by Crippen LogP contribution is 2.59. The minimum Gasteiger partial charge on any atom is -0.463 e. The number of fused-ring (bicyclic) bond motifs is 3. The van der Waals surface area contributed by atoms with Gasteiger partial charge in [-0.3, -0.25) is 14.6 Å². The Hall–Kier alpha value is -5.70. The van der Waals surface area contributed by atoms with E-state index in [1.807, 2.05) is 44.3 Å². The predicted molar refractivity (Wildman–Crippen MR) is 258 cm³/mol. The van der Waals surface area contributed by atoms with Crippen LogP contribution in [0.25, 0.3) is 0 Å². The van der Waals surface area contributed by atoms with E-state index in [1.54, 1.807) is 31.6 Å². The minimum atomic E-state index is -2.13. The van der Waals surface area contributed by atoms with Gasteiger partial charge in [0.1, 0.15) is 11.6 Å². The monoisotopic (exact) mass is 898 g/mol. The standard InChI is InChI=1S/C52H67N9O5/c1-7-56-41-25-36-13-9-8-12-35(36)24-38(41)31-65-47(64)52-46(63)44-37(29-49(3,4)28-34-16-17-42(53)59-30-34)14-10-15-40(44)45(62)51(52,66-52)21-18-33(2)27-50(20-11-22-58-48(55-6)61-50)39-19-23-57-43(26-39)60-32-54-5/h9-10,13-19,23,25-26,30,35,38,41,54,56H,7-8,11-12,20-22,24,27-29,31-32H2,1-6H3,(H2,53,59)(H,57,60)(H2,55,58,61)/b33-18+/t35-,38-,41+,50-,51-,52-/m0/s1. The van der Waals surface area contributed by atoms with Crippen LogP contribution in [-0.2, 0) is 32.6 Å². The number of aliphatic imine (C=N–C) groups is 1. The maximum atomic E-state index is 15.4. The van der Waals surface area contributed by atoms with Crippen molar-refractivity contribution in [2.45, 2.75) is 108 Å². The van der Waals surface area contributed by atoms with Crippen LogP contribution in [0.5, 0.6) is 0 Å². The maximum absolute atomic E-state index is 15.4. The Bertz CT molecular complexity index is 2450. The summed E-state index contributed by atoms with van der Waals surface area (Å²) in [6.45, 7) is 10.5. The molecule has 0 spiro atoms. The number of nitrogens with two attached hydrogens (primary N) is 1. The Morgan fingerprint density at radius 2 is 1.98 bits per heavy atom. The number of likely N-dealkylation sites (N-methyl/N-ethyl adjacent to an activating group) is 1. The summed E-state index contributed by atoms with van der Waals surface area (Å²) in [7, 11) is 3.63. The second-order valence-corrected chi connectivity index (χ2v) is 19.6. The topological polar surface area (TPSA) is 197 Å². The molecule has 2 fully saturated rings. The zero-order chi connectivity index (χ0) is 46.7. The quantitative estimate of drug-likeness (QED) is 0.0288. The van der Waals surface area contributed by atoms with E-state index in [9.17, 15) is 4.79 Å². The molecule has 0 amide bonds. The fraction of sp³-hybridized carbons (Fsp3) is 0.500. The molecule has 0 bridgehead atoms. The van der Waals surface area contributed by atoms with Crippen molar-refractivity contribution < 1.29 is 23.9 Å². The third-order valence-electron chi connectivity index (χ3n) is 14.2. The van der Waals surface area contributed by atoms with Gasteiger partial charge in [0.2, 0.25) is 5.78 Å². The summed E-state index contributed by atoms with van der Waals surface area (Å²) >= 11 is 0. The van der Waals surface area contributed by atoms with E-state index in [1.165, 1.54) is 5.57 Å². The zero-order valence-corrected chi connectivity index (χ0v) is 39.4. The maximum Gasteiger partial charge on any atom is 0.350 e. The molecule has 6 atom stereocenters. The Morgan fingerprint density at radius 1 is 1.14 bits per heavy atom. The molecule has 2 aromatic heterocycles. The Balaban J connectivity index is 1.13. The highest BCUT2D eigenvalue weighted by molar-refractivity contribution is 6.33. The third-order valence-corrected chi connectivity index (χ3v) is 14.2. The van der Waals surface area contributed by atoms with E-state index in [0.717, 1.165) is 67.7 Å². The minimum absolute atomic E-state index is 0.00628. The predicted octanol–water partition coefficient (Wildman–Crippen LogP) is 6.36. The number of hydrogen-bond acceptors (Lipinski definition) is 12. The number of pyridine rings is 2. The number of aromatic nitrogens is 2. The SMILES string of the molecule is CCN[C@@H]1C=C2C=CCC[C@H]2C[C@H]1COC(=O)[C@]12O[C@@]1(C/C=C(\C)C[C@]1(c3ccnc(NCNC)c3)CCCNC(=NC)N1)C(=O)c1cccc(CC(C)(C)Cc3ccc(N)nc3)c1C2=O. The first kappa shape index (κ1) is 46.8. The molecule has 0 radical (unpaired) electrons. The number of nitrogen functional groups attached to an aromatic ring is 1. The number of nitrogens with one attached hydrogen (secondary N) is 5. The van der Waals surface area contributed by atoms with Gasteiger partial charge in [-0.05, 0) is 124 Å². The number of hydrogen-bond donors (Lipinski definition) is 6. The van der Waals surface area contributed by atoms with E-state index < -0.39 is 28.5 Å². The first-order valence-electron chi connectivity index (χ1n) is 23.7. The zero-order valence-electron chi connectivity index (χ0n) is 39.4. The third kappa shape index (κ3) is 9.19. The molecule has 7 N–H and O–H groups in total. The van der Waals surface area contributed by atoms with Crippen molar-refractivity contribution in [1.82, 2.24) is 31.2 Å². The van der Waals surface area contributed by atoms with Crippen LogP contribution in [0.3, 0.4) is 0 Å². The van der Waals surface area contributed by atoms with Crippen LogP contribution in [0.1, 0.15) is 110 Å². The van der Waals surface area contributed by atoms with Gasteiger partial charge in [0.15, 0.2) is 17.3 Å². The number of epoxide rings is 1. The molecule has 0 saturated carbocycles. The number of Topliss-reactive ketones (excluding diaryl/α,β-unsaturated/α-hetero) is 2. The molecule has 3 aromatic rings. The number of carbonyl (C=O) groups is 3. The molecule has 1 aromatic carbocycles. The number of benzene rings is 1. The normalized spacial score (nSPS) is 27.7. The number of ether oxygens (including phenoxy) is 2. The number of guanidine groups is 1. The number of nitrogens with zero attached hydrogens (tertiary/aromatic N) is 3. The first-order chi connectivity index (χ1) is 31.8. The van der Waals surface area contributed by atoms with Gasteiger partial charge in [0.25, 0.3) is 5.60 Å². The molecule has 4 heterocycles. The van der Waals surface area contributed by atoms with Gasteiger partial charge in [-0.1, -0.05) is 74.9 Å². The van der Waals surface area contributed by atoms with Gasteiger partial charge in [0.05, 0.1) is 18.8 Å². The second kappa shape index (κ2) is 19.3. The van der Waals surface area contributed by atoms with Crippen LogP contribution in [-0.4, -0.2) is 91.2 Å². The molecular formula is C52H67N9O5. The average Bonchev–Trinajstić information content (AvgIpc) is 4.06. The number of rotatable bonds is 17. The van der Waals surface area contributed by atoms with Crippen LogP contribution in [0, 0.1) is 17.3 Å². The summed E-state index contributed by atoms with van der Waals surface area (Å²) in [5, 5.41) is 17.1. The highest BCUT2D eigenvalue weighted by Gasteiger charge is 2.85. The van der Waals surface area contributed by atoms with Gasteiger partial charge in [-0.15, -0.1) is 0 Å². The lowest BCUT2D eigenvalue weighted by Gasteiger charge is -2.36. The van der Waals surface area contributed by atoms with Gasteiger partial charge in [-0.25, -0.2) is 14.8 Å². The second-order valence-electron chi connectivity index (χ2n) is 19.6. The van der Waals surface area contributed by atoms with E-state index in [4.69, 9.17) is 15.2 Å². The molecule has 66 heavy (non-hydrogen) atoms. The van der Waals surface area contributed by atoms with Crippen molar-refractivity contribution in [3.8, 4) is 0 Å². The Kier molecular flexibility index (Phi) is 13.7. The molecule has 14 nitrogen and oxygen atoms in total. The highest BCUT2D eigenvalue weighted by atomic mass is 16.7. The number of allylic oxidation sites excluding steroid dienone is 3. The van der Waals surface area contributed by atoms with Gasteiger partial charge < -0.3 is 41.8 Å². The molecule has 350 valence electrons. The fourth-order valence-electron chi connectivity index (χ4n) is 10.9. The van der Waals surface area contributed by atoms with Crippen LogP contribution in [0.4, 0.5) is 11.6 Å². The lowest BCUT2D eigenvalue weighted by molar-refractivity contribution is -0.150. The molecule has 2 saturated heterocycles. The molecule has 14 heteroatoms. The number of ketones is 2. The Labute approximate surface area is 389 Å². The van der Waals surface area contributed by atoms with E-state index >= 15 is 9.59 Å². The summed E-state index contributed by atoms with van der Waals surface area (Å²) in [4.78, 5) is 58.9. The van der Waals surface area contributed by atoms with Crippen molar-refractivity contribution >= 4 is 35.1 Å². The molecule has 5 aliphatic rings. The van der Waals surface area contributed by atoms with Crippen molar-refractivity contribution in [3.63, 3.8) is 0 Å². The largest absolute Gasteiger partial charge is 0.463 e. The first-order valence-corrected chi connectivity index (χ1v) is 23.7. The molecule has 2 aliphatic heterocycles. The Morgan fingerprint density at radius 3 is 2.76 bits per heavy atom. The summed E-state index contributed by atoms with van der Waals surface area (Å²) in [6, 6.07) is 13.2. The van der Waals surface area contributed by atoms with Crippen LogP contribution < -0.4 is 32.3 Å². The summed E-state index contributed by atoms with van der Waals surface area (Å²) < 4.78 is 12.8. The van der Waals surface area contributed by atoms with Crippen LogP contribution in [0.15, 0.2) is 95.3 Å². The summed E-state index contributed by atoms with van der Waals surface area (Å²) in [5.74, 6) is 0.517. The molecule has 8 rings (SSSR count). The van der Waals surface area contributed by atoms with Crippen molar-refractivity contribution in [2.24, 2.45) is 22.2 Å². The molecule has 0 unspecified atom stereocenters. The lowest BCUT2D eigenvalue weighted by atomic mass is 9.69. The fourth-order valence-corrected chi connectivity index (χ4v) is 10.9. The van der Waals surface area contributed by atoms with E-state index in [-0.39, 0.29) is 47.3 Å². The van der Waals surface area contributed by atoms with E-state index in [2.05, 4.69) is 86.6 Å². The van der Waals surface area contributed by atoms with Gasteiger partial charge in [-0.2, -0.15) is 0 Å². The average molecular weight is 898 g/mol. The van der Waals surface area contributed by atoms with Crippen LogP contribution in [0.2, 0.25) is 0 Å². The smallest absolute Gasteiger partial charge is 0.350 e. The molecule has 3 aliphatic carbocycles. The number of carbonyl (C=O) groups excluding carboxylic acids is 3. The lowest BCUT2D eigenvalue weighted by Crippen LogP contribution is -2.51. The van der Waals surface area contributed by atoms with Gasteiger partial charge in [0, 0.05) is 55.5 Å². The summed E-state index contributed by atoms with van der Waals surface area (Å²) in [6.07, 6.45) is 18.5. The number of esters is 1. The van der Waals surface area contributed by atoms with Crippen LogP contribution >= 0.6 is 0 Å². The van der Waals surface area contributed by atoms with Crippen molar-refractivity contribution in [2.75, 3.05) is 51.5 Å². The van der Waals surface area contributed by atoms with Crippen molar-refractivity contribution in [1.29, 1.82) is 0 Å². The number of anilines is 2. The summed E-state index contributed by atoms with van der Waals surface area (Å²) in [5.41, 5.74) is 6.53. The molecular weight excluding hydrogens is 831 g/mol.